The van der Waals surface area contributed by atoms with Crippen LogP contribution in [0.4, 0.5) is 22.0 Å². The maximum absolute atomic E-state index is 13.8. The van der Waals surface area contributed by atoms with Crippen molar-refractivity contribution in [1.82, 2.24) is 0 Å². The molecule has 2 rings (SSSR count). The van der Waals surface area contributed by atoms with Crippen molar-refractivity contribution < 1.29 is 45.7 Å². The van der Waals surface area contributed by atoms with E-state index in [9.17, 15) is 26.7 Å². The molecule has 0 aromatic heterocycles. The summed E-state index contributed by atoms with van der Waals surface area (Å²) in [5.74, 6) is -1.53. The van der Waals surface area contributed by atoms with E-state index in [-0.39, 0.29) is 30.3 Å². The zero-order chi connectivity index (χ0) is 21.5. The van der Waals surface area contributed by atoms with E-state index < -0.39 is 30.7 Å². The lowest BCUT2D eigenvalue weighted by Gasteiger charge is -2.19. The summed E-state index contributed by atoms with van der Waals surface area (Å²) < 4.78 is 82.0. The molecule has 11 heteroatoms. The summed E-state index contributed by atoms with van der Waals surface area (Å²) in [5, 5.41) is 0. The molecule has 0 fully saturated rings. The standard InChI is InChI=1S/C18H16F5NO5/c19-17(20,29-15-4-2-1-3-14(15)16(24)25)11-26-9-10-27-12-5-7-13(8-6-12)28-18(21,22)23/h1-8H,9-11H2,(H2,24,25). The highest BCUT2D eigenvalue weighted by Crippen LogP contribution is 2.26. The number of benzene rings is 2. The zero-order valence-electron chi connectivity index (χ0n) is 14.7. The first-order chi connectivity index (χ1) is 13.6. The van der Waals surface area contributed by atoms with E-state index in [2.05, 4.69) is 9.47 Å². The van der Waals surface area contributed by atoms with E-state index in [4.69, 9.17) is 15.2 Å². The predicted octanol–water partition coefficient (Wildman–Crippen LogP) is 3.75. The van der Waals surface area contributed by atoms with Crippen LogP contribution in [0.2, 0.25) is 0 Å². The summed E-state index contributed by atoms with van der Waals surface area (Å²) in [5.41, 5.74) is 4.89. The first kappa shape index (κ1) is 22.2. The number of alkyl halides is 5. The van der Waals surface area contributed by atoms with Crippen molar-refractivity contribution in [3.8, 4) is 17.2 Å². The highest BCUT2D eigenvalue weighted by Gasteiger charge is 2.33. The minimum Gasteiger partial charge on any atom is -0.491 e. The molecule has 0 atom stereocenters. The van der Waals surface area contributed by atoms with Crippen LogP contribution in [0.25, 0.3) is 0 Å². The Morgan fingerprint density at radius 3 is 2.10 bits per heavy atom. The van der Waals surface area contributed by atoms with Crippen LogP contribution in [0, 0.1) is 0 Å². The van der Waals surface area contributed by atoms with Crippen molar-refractivity contribution >= 4 is 5.91 Å². The molecule has 0 saturated carbocycles. The Hall–Kier alpha value is -3.08. The number of hydrogen-bond acceptors (Lipinski definition) is 5. The quantitative estimate of drug-likeness (QED) is 0.467. The van der Waals surface area contributed by atoms with Gasteiger partial charge in [-0.2, -0.15) is 8.78 Å². The fraction of sp³-hybridized carbons (Fsp3) is 0.278. The minimum atomic E-state index is -4.80. The highest BCUT2D eigenvalue weighted by molar-refractivity contribution is 5.95. The van der Waals surface area contributed by atoms with E-state index in [0.29, 0.717) is 0 Å². The molecule has 6 nitrogen and oxygen atoms in total. The molecular formula is C18H16F5NO5. The molecule has 0 radical (unpaired) electrons. The maximum atomic E-state index is 13.8. The molecule has 0 aliphatic heterocycles. The Morgan fingerprint density at radius 1 is 0.862 bits per heavy atom. The second-order valence-corrected chi connectivity index (χ2v) is 5.52. The molecule has 2 N–H and O–H groups in total. The van der Waals surface area contributed by atoms with Gasteiger partial charge in [-0.1, -0.05) is 12.1 Å². The first-order valence-corrected chi connectivity index (χ1v) is 8.08. The average Bonchev–Trinajstić information content (AvgIpc) is 2.61. The average molecular weight is 421 g/mol. The van der Waals surface area contributed by atoms with Gasteiger partial charge in [-0.15, -0.1) is 13.2 Å². The third kappa shape index (κ3) is 7.82. The number of amides is 1. The third-order valence-corrected chi connectivity index (χ3v) is 3.24. The lowest BCUT2D eigenvalue weighted by molar-refractivity contribution is -0.274. The number of para-hydroxylation sites is 1. The number of primary amides is 1. The highest BCUT2D eigenvalue weighted by atomic mass is 19.4. The molecule has 29 heavy (non-hydrogen) atoms. The number of carbonyl (C=O) groups is 1. The summed E-state index contributed by atoms with van der Waals surface area (Å²) in [7, 11) is 0. The number of halogens is 5. The van der Waals surface area contributed by atoms with Gasteiger partial charge in [-0.25, -0.2) is 0 Å². The van der Waals surface area contributed by atoms with Gasteiger partial charge in [-0.3, -0.25) is 4.79 Å². The topological polar surface area (TPSA) is 80.0 Å². The van der Waals surface area contributed by atoms with Crippen LogP contribution >= 0.6 is 0 Å². The second kappa shape index (κ2) is 9.41. The van der Waals surface area contributed by atoms with Gasteiger partial charge in [0, 0.05) is 0 Å². The van der Waals surface area contributed by atoms with E-state index >= 15 is 0 Å². The largest absolute Gasteiger partial charge is 0.573 e. The summed E-state index contributed by atoms with van der Waals surface area (Å²) >= 11 is 0. The maximum Gasteiger partial charge on any atom is 0.573 e. The molecule has 0 unspecified atom stereocenters. The van der Waals surface area contributed by atoms with Crippen LogP contribution in [-0.2, 0) is 4.74 Å². The van der Waals surface area contributed by atoms with Crippen LogP contribution in [0.3, 0.4) is 0 Å². The monoisotopic (exact) mass is 421 g/mol. The molecule has 2 aromatic rings. The molecule has 0 saturated heterocycles. The number of carbonyl (C=O) groups excluding carboxylic acids is 1. The Morgan fingerprint density at radius 2 is 1.48 bits per heavy atom. The van der Waals surface area contributed by atoms with Crippen molar-refractivity contribution in [2.45, 2.75) is 12.5 Å². The van der Waals surface area contributed by atoms with Gasteiger partial charge in [-0.05, 0) is 36.4 Å². The zero-order valence-corrected chi connectivity index (χ0v) is 14.7. The molecule has 1 amide bonds. The third-order valence-electron chi connectivity index (χ3n) is 3.24. The van der Waals surface area contributed by atoms with Gasteiger partial charge in [0.1, 0.15) is 23.9 Å². The normalized spacial score (nSPS) is 11.8. The minimum absolute atomic E-state index is 0.145. The van der Waals surface area contributed by atoms with E-state index in [1.165, 1.54) is 36.4 Å². The lowest BCUT2D eigenvalue weighted by atomic mass is 10.2. The van der Waals surface area contributed by atoms with Crippen molar-refractivity contribution in [3.05, 3.63) is 54.1 Å². The van der Waals surface area contributed by atoms with E-state index in [0.717, 1.165) is 12.1 Å². The first-order valence-electron chi connectivity index (χ1n) is 8.08. The van der Waals surface area contributed by atoms with Crippen molar-refractivity contribution in [2.75, 3.05) is 19.8 Å². The van der Waals surface area contributed by atoms with Gasteiger partial charge in [0.2, 0.25) is 0 Å². The van der Waals surface area contributed by atoms with Crippen LogP contribution in [0.5, 0.6) is 17.2 Å². The van der Waals surface area contributed by atoms with Gasteiger partial charge in [0.25, 0.3) is 5.91 Å². The van der Waals surface area contributed by atoms with Crippen molar-refractivity contribution in [2.24, 2.45) is 5.73 Å². The molecule has 0 spiro atoms. The molecule has 0 aliphatic rings. The van der Waals surface area contributed by atoms with Gasteiger partial charge in [0.15, 0.2) is 6.61 Å². The van der Waals surface area contributed by atoms with Crippen LogP contribution in [-0.4, -0.2) is 38.2 Å². The predicted molar refractivity (Wildman–Crippen MR) is 90.0 cm³/mol. The van der Waals surface area contributed by atoms with Gasteiger partial charge in [0.05, 0.1) is 12.2 Å². The van der Waals surface area contributed by atoms with Crippen molar-refractivity contribution in [3.63, 3.8) is 0 Å². The molecular weight excluding hydrogens is 405 g/mol. The fourth-order valence-electron chi connectivity index (χ4n) is 2.10. The Balaban J connectivity index is 1.75. The van der Waals surface area contributed by atoms with Crippen LogP contribution in [0.15, 0.2) is 48.5 Å². The second-order valence-electron chi connectivity index (χ2n) is 5.52. The molecule has 2 aromatic carbocycles. The van der Waals surface area contributed by atoms with Crippen LogP contribution < -0.4 is 19.9 Å². The summed E-state index contributed by atoms with van der Waals surface area (Å²) in [6.07, 6.45) is -8.54. The van der Waals surface area contributed by atoms with Crippen molar-refractivity contribution in [1.29, 1.82) is 0 Å². The smallest absolute Gasteiger partial charge is 0.491 e. The van der Waals surface area contributed by atoms with Crippen LogP contribution in [0.1, 0.15) is 10.4 Å². The molecule has 0 bridgehead atoms. The lowest BCUT2D eigenvalue weighted by Crippen LogP contribution is -2.32. The van der Waals surface area contributed by atoms with Gasteiger partial charge < -0.3 is 24.7 Å². The van der Waals surface area contributed by atoms with E-state index in [1.54, 1.807) is 0 Å². The number of hydrogen-bond donors (Lipinski definition) is 1. The summed E-state index contributed by atoms with van der Waals surface area (Å²) in [6, 6.07) is 9.79. The molecule has 0 aliphatic carbocycles. The number of rotatable bonds is 10. The summed E-state index contributed by atoms with van der Waals surface area (Å²) in [6.45, 7) is -1.52. The Kier molecular flexibility index (Phi) is 7.21. The fourth-order valence-corrected chi connectivity index (χ4v) is 2.10. The molecule has 158 valence electrons. The molecule has 0 heterocycles. The van der Waals surface area contributed by atoms with Gasteiger partial charge >= 0.3 is 12.5 Å². The van der Waals surface area contributed by atoms with E-state index in [1.807, 2.05) is 0 Å². The Labute approximate surface area is 161 Å². The number of ether oxygens (including phenoxy) is 4. The number of nitrogens with two attached hydrogens (primary N) is 1. The summed E-state index contributed by atoms with van der Waals surface area (Å²) in [4.78, 5) is 11.2. The SMILES string of the molecule is NC(=O)c1ccccc1OC(F)(F)COCCOc1ccc(OC(F)(F)F)cc1. The Bertz CT molecular complexity index is 811.